The number of fused-ring (bicyclic) bond motifs is 1. The summed E-state index contributed by atoms with van der Waals surface area (Å²) in [6.45, 7) is 2.55. The van der Waals surface area contributed by atoms with Crippen molar-refractivity contribution in [3.8, 4) is 5.75 Å². The lowest BCUT2D eigenvalue weighted by atomic mass is 10.3. The van der Waals surface area contributed by atoms with Crippen LogP contribution < -0.4 is 4.74 Å². The van der Waals surface area contributed by atoms with Gasteiger partial charge in [-0.2, -0.15) is 0 Å². The number of nitrogens with zero attached hydrogens (tertiary/aromatic N) is 3. The number of carbonyl (C=O) groups excluding carboxylic acids is 1. The summed E-state index contributed by atoms with van der Waals surface area (Å²) in [5.74, 6) is 0.863. The SMILES string of the molecule is COC(=O)C(C)Oc1ccc2c(nnn2CC2CC2)c1Br. The molecule has 112 valence electrons. The van der Waals surface area contributed by atoms with Crippen molar-refractivity contribution in [2.45, 2.75) is 32.4 Å². The normalized spacial score (nSPS) is 16.0. The first-order valence-corrected chi connectivity index (χ1v) is 7.65. The minimum atomic E-state index is -0.676. The van der Waals surface area contributed by atoms with Crippen molar-refractivity contribution < 1.29 is 14.3 Å². The Morgan fingerprint density at radius 1 is 1.52 bits per heavy atom. The van der Waals surface area contributed by atoms with E-state index in [1.165, 1.54) is 20.0 Å². The van der Waals surface area contributed by atoms with Crippen LogP contribution in [0.5, 0.6) is 5.75 Å². The van der Waals surface area contributed by atoms with Crippen molar-refractivity contribution >= 4 is 32.9 Å². The van der Waals surface area contributed by atoms with Crippen LogP contribution >= 0.6 is 15.9 Å². The van der Waals surface area contributed by atoms with E-state index in [1.54, 1.807) is 6.92 Å². The maximum absolute atomic E-state index is 11.4. The second-order valence-electron chi connectivity index (χ2n) is 5.24. The smallest absolute Gasteiger partial charge is 0.346 e. The topological polar surface area (TPSA) is 66.2 Å². The van der Waals surface area contributed by atoms with E-state index in [9.17, 15) is 4.79 Å². The molecule has 0 bridgehead atoms. The first-order valence-electron chi connectivity index (χ1n) is 6.86. The molecule has 1 heterocycles. The zero-order valence-corrected chi connectivity index (χ0v) is 13.5. The second kappa shape index (κ2) is 5.63. The van der Waals surface area contributed by atoms with Crippen LogP contribution in [0.2, 0.25) is 0 Å². The van der Waals surface area contributed by atoms with E-state index in [4.69, 9.17) is 4.74 Å². The lowest BCUT2D eigenvalue weighted by Gasteiger charge is -2.13. The lowest BCUT2D eigenvalue weighted by Crippen LogP contribution is -2.25. The van der Waals surface area contributed by atoms with Gasteiger partial charge < -0.3 is 9.47 Å². The number of methoxy groups -OCH3 is 1. The van der Waals surface area contributed by atoms with E-state index >= 15 is 0 Å². The summed E-state index contributed by atoms with van der Waals surface area (Å²) >= 11 is 3.48. The van der Waals surface area contributed by atoms with Crippen molar-refractivity contribution in [1.82, 2.24) is 15.0 Å². The molecule has 0 radical (unpaired) electrons. The van der Waals surface area contributed by atoms with Gasteiger partial charge in [0.25, 0.3) is 0 Å². The summed E-state index contributed by atoms with van der Waals surface area (Å²) in [7, 11) is 1.34. The van der Waals surface area contributed by atoms with Gasteiger partial charge in [-0.05, 0) is 53.7 Å². The van der Waals surface area contributed by atoms with Gasteiger partial charge >= 0.3 is 5.97 Å². The number of benzene rings is 1. The molecule has 1 aliphatic carbocycles. The first-order chi connectivity index (χ1) is 10.1. The average molecular weight is 354 g/mol. The Labute approximate surface area is 130 Å². The molecule has 21 heavy (non-hydrogen) atoms. The molecule has 0 N–H and O–H groups in total. The molecule has 0 aliphatic heterocycles. The standard InChI is InChI=1S/C14H16BrN3O3/c1-8(14(19)20-2)21-11-6-5-10-13(12(11)15)16-17-18(10)7-9-3-4-9/h5-6,8-9H,3-4,7H2,1-2H3. The van der Waals surface area contributed by atoms with E-state index < -0.39 is 12.1 Å². The highest BCUT2D eigenvalue weighted by atomic mass is 79.9. The molecule has 6 nitrogen and oxygen atoms in total. The molecule has 0 saturated heterocycles. The van der Waals surface area contributed by atoms with E-state index in [0.29, 0.717) is 10.2 Å². The maximum Gasteiger partial charge on any atom is 0.346 e. The Hall–Kier alpha value is -1.63. The van der Waals surface area contributed by atoms with E-state index in [0.717, 1.165) is 23.5 Å². The summed E-state index contributed by atoms with van der Waals surface area (Å²) in [6.07, 6.45) is 1.85. The van der Waals surface area contributed by atoms with Gasteiger partial charge in [-0.15, -0.1) is 5.10 Å². The average Bonchev–Trinajstić information content (AvgIpc) is 3.20. The molecular weight excluding hydrogens is 338 g/mol. The van der Waals surface area contributed by atoms with Crippen LogP contribution in [-0.2, 0) is 16.1 Å². The maximum atomic E-state index is 11.4. The zero-order chi connectivity index (χ0) is 15.0. The predicted octanol–water partition coefficient (Wildman–Crippen LogP) is 2.54. The summed E-state index contributed by atoms with van der Waals surface area (Å²) in [6, 6.07) is 3.74. The summed E-state index contributed by atoms with van der Waals surface area (Å²) < 4.78 is 12.9. The predicted molar refractivity (Wildman–Crippen MR) is 80.1 cm³/mol. The fourth-order valence-electron chi connectivity index (χ4n) is 2.16. The van der Waals surface area contributed by atoms with Crippen molar-refractivity contribution in [1.29, 1.82) is 0 Å². The van der Waals surface area contributed by atoms with Crippen LogP contribution in [0.1, 0.15) is 19.8 Å². The quantitative estimate of drug-likeness (QED) is 0.772. The fraction of sp³-hybridized carbons (Fsp3) is 0.500. The van der Waals surface area contributed by atoms with Crippen LogP contribution in [0.4, 0.5) is 0 Å². The first kappa shape index (κ1) is 14.3. The molecule has 1 aliphatic rings. The van der Waals surface area contributed by atoms with Crippen molar-refractivity contribution in [2.24, 2.45) is 5.92 Å². The van der Waals surface area contributed by atoms with Crippen molar-refractivity contribution in [3.05, 3.63) is 16.6 Å². The van der Waals surface area contributed by atoms with E-state index in [-0.39, 0.29) is 0 Å². The van der Waals surface area contributed by atoms with Gasteiger partial charge in [-0.1, -0.05) is 5.21 Å². The van der Waals surface area contributed by atoms with Gasteiger partial charge in [0.2, 0.25) is 0 Å². The highest BCUT2D eigenvalue weighted by Gasteiger charge is 2.24. The van der Waals surface area contributed by atoms with Crippen LogP contribution in [0.25, 0.3) is 11.0 Å². The molecule has 0 amide bonds. The van der Waals surface area contributed by atoms with Crippen LogP contribution in [0.3, 0.4) is 0 Å². The Morgan fingerprint density at radius 2 is 2.29 bits per heavy atom. The molecule has 7 heteroatoms. The van der Waals surface area contributed by atoms with Gasteiger partial charge in [0.05, 0.1) is 17.1 Å². The molecule has 1 atom stereocenters. The number of hydrogen-bond donors (Lipinski definition) is 0. The third-order valence-electron chi connectivity index (χ3n) is 3.56. The number of hydrogen-bond acceptors (Lipinski definition) is 5. The Bertz CT molecular complexity index is 681. The monoisotopic (exact) mass is 353 g/mol. The number of rotatable bonds is 5. The highest BCUT2D eigenvalue weighted by Crippen LogP contribution is 2.35. The van der Waals surface area contributed by atoms with Gasteiger partial charge in [0.15, 0.2) is 6.10 Å². The van der Waals surface area contributed by atoms with Gasteiger partial charge in [-0.25, -0.2) is 9.48 Å². The number of ether oxygens (including phenoxy) is 2. The van der Waals surface area contributed by atoms with Crippen LogP contribution in [0.15, 0.2) is 16.6 Å². The third kappa shape index (κ3) is 2.88. The highest BCUT2D eigenvalue weighted by molar-refractivity contribution is 9.10. The fourth-order valence-corrected chi connectivity index (χ4v) is 2.67. The molecule has 0 spiro atoms. The van der Waals surface area contributed by atoms with Gasteiger partial charge in [0.1, 0.15) is 11.3 Å². The number of aromatic nitrogens is 3. The molecule has 1 fully saturated rings. The van der Waals surface area contributed by atoms with Gasteiger partial charge in [-0.3, -0.25) is 0 Å². The molecule has 1 aromatic carbocycles. The summed E-state index contributed by atoms with van der Waals surface area (Å²) in [5.41, 5.74) is 1.71. The van der Waals surface area contributed by atoms with Crippen molar-refractivity contribution in [2.75, 3.05) is 7.11 Å². The molecule has 1 unspecified atom stereocenters. The Balaban J connectivity index is 1.87. The second-order valence-corrected chi connectivity index (χ2v) is 6.04. The molecule has 1 saturated carbocycles. The molecule has 2 aromatic rings. The summed E-state index contributed by atoms with van der Waals surface area (Å²) in [5, 5.41) is 8.40. The van der Waals surface area contributed by atoms with Crippen molar-refractivity contribution in [3.63, 3.8) is 0 Å². The number of halogens is 1. The largest absolute Gasteiger partial charge is 0.478 e. The third-order valence-corrected chi connectivity index (χ3v) is 4.32. The number of carbonyl (C=O) groups is 1. The van der Waals surface area contributed by atoms with Crippen LogP contribution in [-0.4, -0.2) is 34.2 Å². The Kier molecular flexibility index (Phi) is 3.84. The molecule has 1 aromatic heterocycles. The van der Waals surface area contributed by atoms with Gasteiger partial charge in [0, 0.05) is 6.54 Å². The molecular formula is C14H16BrN3O3. The number of esters is 1. The minimum absolute atomic E-state index is 0.417. The zero-order valence-electron chi connectivity index (χ0n) is 11.9. The van der Waals surface area contributed by atoms with E-state index in [2.05, 4.69) is 31.0 Å². The minimum Gasteiger partial charge on any atom is -0.478 e. The Morgan fingerprint density at radius 3 is 2.95 bits per heavy atom. The van der Waals surface area contributed by atoms with E-state index in [1.807, 2.05) is 16.8 Å². The molecule has 3 rings (SSSR count). The van der Waals surface area contributed by atoms with Crippen LogP contribution in [0, 0.1) is 5.92 Å². The lowest BCUT2D eigenvalue weighted by molar-refractivity contribution is -0.147. The summed E-state index contributed by atoms with van der Waals surface area (Å²) in [4.78, 5) is 11.4.